The highest BCUT2D eigenvalue weighted by molar-refractivity contribution is 5.75. The van der Waals surface area contributed by atoms with Crippen molar-refractivity contribution in [2.75, 3.05) is 7.11 Å². The van der Waals surface area contributed by atoms with Gasteiger partial charge in [-0.15, -0.1) is 0 Å². The number of hydrogen-bond donors (Lipinski definition) is 1. The molecular formula is C12H17NO2. The lowest BCUT2D eigenvalue weighted by Gasteiger charge is -2.16. The Morgan fingerprint density at radius 2 is 2.13 bits per heavy atom. The van der Waals surface area contributed by atoms with Crippen molar-refractivity contribution in [2.24, 2.45) is 5.73 Å². The minimum atomic E-state index is -0.271. The molecule has 15 heavy (non-hydrogen) atoms. The van der Waals surface area contributed by atoms with Gasteiger partial charge >= 0.3 is 0 Å². The number of ether oxygens (including phenoxy) is 1. The predicted molar refractivity (Wildman–Crippen MR) is 59.8 cm³/mol. The van der Waals surface area contributed by atoms with E-state index in [1.54, 1.807) is 7.11 Å². The molecule has 1 atom stereocenters. The lowest BCUT2D eigenvalue weighted by atomic mass is 9.92. The van der Waals surface area contributed by atoms with E-state index in [1.807, 2.05) is 31.2 Å². The molecule has 1 rings (SSSR count). The summed E-state index contributed by atoms with van der Waals surface area (Å²) >= 11 is 0. The normalized spacial score (nSPS) is 12.1. The standard InChI is InChI=1S/C12H17NO2/c1-3-9(8-12(13)14)10-6-4-5-7-11(10)15-2/h4-7,9H,3,8H2,1-2H3,(H2,13,14). The zero-order chi connectivity index (χ0) is 11.3. The third-order valence-electron chi connectivity index (χ3n) is 2.52. The zero-order valence-corrected chi connectivity index (χ0v) is 9.19. The van der Waals surface area contributed by atoms with Crippen molar-refractivity contribution >= 4 is 5.91 Å². The van der Waals surface area contributed by atoms with Gasteiger partial charge in [-0.2, -0.15) is 0 Å². The maximum atomic E-state index is 10.9. The fourth-order valence-electron chi connectivity index (χ4n) is 1.72. The van der Waals surface area contributed by atoms with Crippen LogP contribution in [0.5, 0.6) is 5.75 Å². The number of nitrogens with two attached hydrogens (primary N) is 1. The zero-order valence-electron chi connectivity index (χ0n) is 9.19. The molecule has 1 amide bonds. The maximum Gasteiger partial charge on any atom is 0.218 e. The van der Waals surface area contributed by atoms with Crippen LogP contribution in [-0.4, -0.2) is 13.0 Å². The van der Waals surface area contributed by atoms with Gasteiger partial charge in [0.25, 0.3) is 0 Å². The predicted octanol–water partition coefficient (Wildman–Crippen LogP) is 2.06. The van der Waals surface area contributed by atoms with Crippen molar-refractivity contribution < 1.29 is 9.53 Å². The van der Waals surface area contributed by atoms with Crippen LogP contribution in [0.15, 0.2) is 24.3 Å². The fourth-order valence-corrected chi connectivity index (χ4v) is 1.72. The largest absolute Gasteiger partial charge is 0.496 e. The van der Waals surface area contributed by atoms with Gasteiger partial charge < -0.3 is 10.5 Å². The SMILES string of the molecule is CCC(CC(N)=O)c1ccccc1OC. The van der Waals surface area contributed by atoms with Gasteiger partial charge in [-0.1, -0.05) is 25.1 Å². The van der Waals surface area contributed by atoms with Crippen molar-refractivity contribution in [3.63, 3.8) is 0 Å². The Balaban J connectivity index is 2.95. The van der Waals surface area contributed by atoms with Crippen LogP contribution >= 0.6 is 0 Å². The number of amides is 1. The molecule has 82 valence electrons. The smallest absolute Gasteiger partial charge is 0.218 e. The van der Waals surface area contributed by atoms with Crippen LogP contribution in [0, 0.1) is 0 Å². The Kier molecular flexibility index (Phi) is 4.16. The van der Waals surface area contributed by atoms with E-state index in [0.29, 0.717) is 6.42 Å². The first kappa shape index (κ1) is 11.6. The van der Waals surface area contributed by atoms with Crippen LogP contribution in [-0.2, 0) is 4.79 Å². The third-order valence-corrected chi connectivity index (χ3v) is 2.52. The third kappa shape index (κ3) is 2.98. The Labute approximate surface area is 90.2 Å². The van der Waals surface area contributed by atoms with Gasteiger partial charge in [-0.05, 0) is 24.0 Å². The number of carbonyl (C=O) groups excluding carboxylic acids is 1. The van der Waals surface area contributed by atoms with Gasteiger partial charge in [0.15, 0.2) is 0 Å². The molecule has 0 spiro atoms. The van der Waals surface area contributed by atoms with Crippen LogP contribution < -0.4 is 10.5 Å². The number of primary amides is 1. The van der Waals surface area contributed by atoms with Gasteiger partial charge in [-0.3, -0.25) is 4.79 Å². The summed E-state index contributed by atoms with van der Waals surface area (Å²) in [4.78, 5) is 10.9. The van der Waals surface area contributed by atoms with E-state index in [1.165, 1.54) is 0 Å². The Morgan fingerprint density at radius 1 is 1.47 bits per heavy atom. The molecule has 3 heteroatoms. The minimum Gasteiger partial charge on any atom is -0.496 e. The number of carbonyl (C=O) groups is 1. The molecule has 1 unspecified atom stereocenters. The number of rotatable bonds is 5. The molecule has 0 saturated heterocycles. The molecule has 0 fully saturated rings. The molecule has 0 radical (unpaired) electrons. The summed E-state index contributed by atoms with van der Waals surface area (Å²) in [5.41, 5.74) is 6.27. The van der Waals surface area contributed by atoms with Crippen molar-refractivity contribution in [3.8, 4) is 5.75 Å². The molecule has 1 aromatic carbocycles. The molecule has 0 aliphatic carbocycles. The van der Waals surface area contributed by atoms with Crippen molar-refractivity contribution in [1.29, 1.82) is 0 Å². The van der Waals surface area contributed by atoms with Crippen LogP contribution in [0.3, 0.4) is 0 Å². The highest BCUT2D eigenvalue weighted by Gasteiger charge is 2.15. The van der Waals surface area contributed by atoms with E-state index in [0.717, 1.165) is 17.7 Å². The van der Waals surface area contributed by atoms with E-state index >= 15 is 0 Å². The molecule has 0 saturated carbocycles. The van der Waals surface area contributed by atoms with Gasteiger partial charge in [0.1, 0.15) is 5.75 Å². The highest BCUT2D eigenvalue weighted by atomic mass is 16.5. The average Bonchev–Trinajstić information content (AvgIpc) is 2.25. The van der Waals surface area contributed by atoms with Gasteiger partial charge in [-0.25, -0.2) is 0 Å². The molecule has 0 heterocycles. The first-order valence-corrected chi connectivity index (χ1v) is 5.10. The van der Waals surface area contributed by atoms with Gasteiger partial charge in [0.2, 0.25) is 5.91 Å². The van der Waals surface area contributed by atoms with Gasteiger partial charge in [0.05, 0.1) is 7.11 Å². The second kappa shape index (κ2) is 5.39. The van der Waals surface area contributed by atoms with E-state index in [-0.39, 0.29) is 11.8 Å². The monoisotopic (exact) mass is 207 g/mol. The Morgan fingerprint density at radius 3 is 2.67 bits per heavy atom. The lowest BCUT2D eigenvalue weighted by Crippen LogP contribution is -2.15. The number of hydrogen-bond acceptors (Lipinski definition) is 2. The Bertz CT molecular complexity index is 336. The molecular weight excluding hydrogens is 190 g/mol. The molecule has 0 aliphatic heterocycles. The molecule has 0 aromatic heterocycles. The van der Waals surface area contributed by atoms with Crippen LogP contribution in [0.25, 0.3) is 0 Å². The maximum absolute atomic E-state index is 10.9. The molecule has 1 aromatic rings. The molecule has 0 bridgehead atoms. The van der Waals surface area contributed by atoms with E-state index < -0.39 is 0 Å². The summed E-state index contributed by atoms with van der Waals surface area (Å²) in [6.45, 7) is 2.04. The van der Waals surface area contributed by atoms with Crippen LogP contribution in [0.2, 0.25) is 0 Å². The molecule has 3 nitrogen and oxygen atoms in total. The summed E-state index contributed by atoms with van der Waals surface area (Å²) in [5, 5.41) is 0. The van der Waals surface area contributed by atoms with Gasteiger partial charge in [0, 0.05) is 6.42 Å². The second-order valence-electron chi connectivity index (χ2n) is 3.52. The summed E-state index contributed by atoms with van der Waals surface area (Å²) in [6, 6.07) is 7.75. The summed E-state index contributed by atoms with van der Waals surface area (Å²) in [5.74, 6) is 0.706. The van der Waals surface area contributed by atoms with E-state index in [4.69, 9.17) is 10.5 Å². The first-order valence-electron chi connectivity index (χ1n) is 5.10. The summed E-state index contributed by atoms with van der Waals surface area (Å²) in [7, 11) is 1.63. The lowest BCUT2D eigenvalue weighted by molar-refractivity contribution is -0.118. The average molecular weight is 207 g/mol. The summed E-state index contributed by atoms with van der Waals surface area (Å²) in [6.07, 6.45) is 1.25. The van der Waals surface area contributed by atoms with Crippen molar-refractivity contribution in [3.05, 3.63) is 29.8 Å². The number of para-hydroxylation sites is 1. The number of benzene rings is 1. The fraction of sp³-hybridized carbons (Fsp3) is 0.417. The van der Waals surface area contributed by atoms with Crippen molar-refractivity contribution in [1.82, 2.24) is 0 Å². The highest BCUT2D eigenvalue weighted by Crippen LogP contribution is 2.30. The first-order chi connectivity index (χ1) is 7.19. The van der Waals surface area contributed by atoms with Crippen LogP contribution in [0.4, 0.5) is 0 Å². The van der Waals surface area contributed by atoms with E-state index in [2.05, 4.69) is 0 Å². The molecule has 0 aliphatic rings. The number of methoxy groups -OCH3 is 1. The minimum absolute atomic E-state index is 0.152. The topological polar surface area (TPSA) is 52.3 Å². The van der Waals surface area contributed by atoms with Crippen molar-refractivity contribution in [2.45, 2.75) is 25.7 Å². The second-order valence-corrected chi connectivity index (χ2v) is 3.52. The Hall–Kier alpha value is -1.51. The molecule has 2 N–H and O–H groups in total. The quantitative estimate of drug-likeness (QED) is 0.803. The van der Waals surface area contributed by atoms with Crippen LogP contribution in [0.1, 0.15) is 31.2 Å². The summed E-state index contributed by atoms with van der Waals surface area (Å²) < 4.78 is 5.26. The van der Waals surface area contributed by atoms with E-state index in [9.17, 15) is 4.79 Å².